The minimum Gasteiger partial charge on any atom is -0.244 e. The Kier molecular flexibility index (Phi) is 6.47. The van der Waals surface area contributed by atoms with Crippen LogP contribution < -0.4 is 0 Å². The summed E-state index contributed by atoms with van der Waals surface area (Å²) in [4.78, 5) is 0. The third-order valence-corrected chi connectivity index (χ3v) is 3.92. The number of unbranched alkanes of at least 4 members (excludes halogenated alkanes) is 1. The van der Waals surface area contributed by atoms with Crippen molar-refractivity contribution in [2.24, 2.45) is 17.8 Å². The lowest BCUT2D eigenvalue weighted by atomic mass is 9.87. The Labute approximate surface area is 95.6 Å². The molecular weight excluding hydrogens is 187 g/mol. The molecule has 0 radical (unpaired) electrons. The van der Waals surface area contributed by atoms with E-state index >= 15 is 0 Å². The Morgan fingerprint density at radius 1 is 1.00 bits per heavy atom. The standard InChI is InChI=1S/C14H29F/c1-11(2)13(5)9-7-8-10-14(6,15)12(3)4/h11-13H,7-10H2,1-6H3/t13-,14?/m1/s1. The molecule has 0 aromatic rings. The van der Waals surface area contributed by atoms with Crippen LogP contribution in [0.3, 0.4) is 0 Å². The maximum atomic E-state index is 13.9. The van der Waals surface area contributed by atoms with Gasteiger partial charge >= 0.3 is 0 Å². The van der Waals surface area contributed by atoms with E-state index < -0.39 is 5.67 Å². The van der Waals surface area contributed by atoms with Crippen molar-refractivity contribution < 1.29 is 4.39 Å². The Hall–Kier alpha value is -0.0700. The van der Waals surface area contributed by atoms with Gasteiger partial charge in [-0.1, -0.05) is 53.9 Å². The number of hydrogen-bond acceptors (Lipinski definition) is 0. The average molecular weight is 216 g/mol. The van der Waals surface area contributed by atoms with Crippen LogP contribution >= 0.6 is 0 Å². The van der Waals surface area contributed by atoms with Gasteiger partial charge in [0.15, 0.2) is 0 Å². The van der Waals surface area contributed by atoms with Gasteiger partial charge in [0.1, 0.15) is 5.67 Å². The van der Waals surface area contributed by atoms with Crippen LogP contribution in [0, 0.1) is 17.8 Å². The number of hydrogen-bond donors (Lipinski definition) is 0. The molecule has 0 fully saturated rings. The largest absolute Gasteiger partial charge is 0.244 e. The van der Waals surface area contributed by atoms with E-state index in [9.17, 15) is 4.39 Å². The molecule has 0 heterocycles. The molecule has 2 atom stereocenters. The molecule has 0 saturated carbocycles. The van der Waals surface area contributed by atoms with Gasteiger partial charge in [0, 0.05) is 0 Å². The molecule has 0 aliphatic rings. The summed E-state index contributed by atoms with van der Waals surface area (Å²) >= 11 is 0. The third kappa shape index (κ3) is 6.17. The molecule has 0 nitrogen and oxygen atoms in total. The van der Waals surface area contributed by atoms with E-state index in [2.05, 4.69) is 20.8 Å². The average Bonchev–Trinajstić information content (AvgIpc) is 2.11. The van der Waals surface area contributed by atoms with Crippen molar-refractivity contribution in [2.75, 3.05) is 0 Å². The highest BCUT2D eigenvalue weighted by Crippen LogP contribution is 2.28. The monoisotopic (exact) mass is 216 g/mol. The number of rotatable bonds is 7. The first-order chi connectivity index (χ1) is 6.77. The normalized spacial score (nSPS) is 18.2. The first kappa shape index (κ1) is 14.9. The summed E-state index contributed by atoms with van der Waals surface area (Å²) in [6.45, 7) is 12.5. The quantitative estimate of drug-likeness (QED) is 0.512. The van der Waals surface area contributed by atoms with E-state index in [0.717, 1.165) is 24.7 Å². The second-order valence-electron chi connectivity index (χ2n) is 5.90. The molecule has 0 bridgehead atoms. The molecule has 0 saturated heterocycles. The van der Waals surface area contributed by atoms with Crippen LogP contribution in [0.25, 0.3) is 0 Å². The van der Waals surface area contributed by atoms with E-state index in [0.29, 0.717) is 0 Å². The molecule has 92 valence electrons. The van der Waals surface area contributed by atoms with Gasteiger partial charge in [0.25, 0.3) is 0 Å². The zero-order valence-electron chi connectivity index (χ0n) is 11.4. The van der Waals surface area contributed by atoms with Gasteiger partial charge in [-0.05, 0) is 31.1 Å². The fourth-order valence-corrected chi connectivity index (χ4v) is 1.56. The van der Waals surface area contributed by atoms with Gasteiger partial charge in [-0.2, -0.15) is 0 Å². The zero-order valence-corrected chi connectivity index (χ0v) is 11.4. The van der Waals surface area contributed by atoms with Gasteiger partial charge in [-0.25, -0.2) is 4.39 Å². The summed E-state index contributed by atoms with van der Waals surface area (Å²) in [7, 11) is 0. The highest BCUT2D eigenvalue weighted by Gasteiger charge is 2.26. The van der Waals surface area contributed by atoms with Crippen molar-refractivity contribution in [1.82, 2.24) is 0 Å². The van der Waals surface area contributed by atoms with Gasteiger partial charge in [0.2, 0.25) is 0 Å². The van der Waals surface area contributed by atoms with E-state index in [1.165, 1.54) is 12.8 Å². The predicted octanol–water partition coefficient (Wildman–Crippen LogP) is 5.22. The van der Waals surface area contributed by atoms with Crippen molar-refractivity contribution in [3.63, 3.8) is 0 Å². The Balaban J connectivity index is 3.63. The summed E-state index contributed by atoms with van der Waals surface area (Å²) in [5, 5.41) is 0. The third-order valence-electron chi connectivity index (χ3n) is 3.92. The lowest BCUT2D eigenvalue weighted by molar-refractivity contribution is 0.107. The fourth-order valence-electron chi connectivity index (χ4n) is 1.56. The molecule has 15 heavy (non-hydrogen) atoms. The van der Waals surface area contributed by atoms with E-state index in [-0.39, 0.29) is 5.92 Å². The van der Waals surface area contributed by atoms with E-state index in [1.807, 2.05) is 13.8 Å². The first-order valence-electron chi connectivity index (χ1n) is 6.46. The van der Waals surface area contributed by atoms with Gasteiger partial charge in [-0.15, -0.1) is 0 Å². The molecule has 1 heteroatoms. The van der Waals surface area contributed by atoms with Crippen LogP contribution in [0.2, 0.25) is 0 Å². The van der Waals surface area contributed by atoms with Crippen molar-refractivity contribution >= 4 is 0 Å². The summed E-state index contributed by atoms with van der Waals surface area (Å²) in [6.07, 6.45) is 4.16. The first-order valence-corrected chi connectivity index (χ1v) is 6.46. The Morgan fingerprint density at radius 2 is 1.53 bits per heavy atom. The van der Waals surface area contributed by atoms with Crippen LogP contribution in [0.15, 0.2) is 0 Å². The smallest absolute Gasteiger partial charge is 0.110 e. The van der Waals surface area contributed by atoms with Gasteiger partial charge < -0.3 is 0 Å². The second-order valence-corrected chi connectivity index (χ2v) is 5.90. The topological polar surface area (TPSA) is 0 Å². The van der Waals surface area contributed by atoms with Crippen LogP contribution in [-0.4, -0.2) is 5.67 Å². The zero-order chi connectivity index (χ0) is 12.1. The van der Waals surface area contributed by atoms with Crippen molar-refractivity contribution in [3.05, 3.63) is 0 Å². The van der Waals surface area contributed by atoms with Crippen molar-refractivity contribution in [1.29, 1.82) is 0 Å². The highest BCUT2D eigenvalue weighted by molar-refractivity contribution is 4.76. The number of alkyl halides is 1. The van der Waals surface area contributed by atoms with Crippen LogP contribution in [0.4, 0.5) is 4.39 Å². The summed E-state index contributed by atoms with van der Waals surface area (Å²) in [5.41, 5.74) is -0.971. The molecule has 0 rings (SSSR count). The lowest BCUT2D eigenvalue weighted by Gasteiger charge is -2.25. The maximum absolute atomic E-state index is 13.9. The Bertz CT molecular complexity index is 159. The fraction of sp³-hybridized carbons (Fsp3) is 1.00. The lowest BCUT2D eigenvalue weighted by Crippen LogP contribution is -2.25. The van der Waals surface area contributed by atoms with Gasteiger partial charge in [0.05, 0.1) is 0 Å². The predicted molar refractivity (Wildman–Crippen MR) is 66.8 cm³/mol. The summed E-state index contributed by atoms with van der Waals surface area (Å²) in [6, 6.07) is 0. The number of halogens is 1. The molecule has 0 spiro atoms. The van der Waals surface area contributed by atoms with E-state index in [1.54, 1.807) is 6.92 Å². The maximum Gasteiger partial charge on any atom is 0.110 e. The van der Waals surface area contributed by atoms with Gasteiger partial charge in [-0.3, -0.25) is 0 Å². The summed E-state index contributed by atoms with van der Waals surface area (Å²) < 4.78 is 13.9. The SMILES string of the molecule is CC(C)[C@H](C)CCCCC(C)(F)C(C)C. The molecule has 0 aliphatic heterocycles. The molecular formula is C14H29F. The molecule has 0 N–H and O–H groups in total. The Morgan fingerprint density at radius 3 is 1.93 bits per heavy atom. The van der Waals surface area contributed by atoms with Crippen LogP contribution in [0.5, 0.6) is 0 Å². The van der Waals surface area contributed by atoms with Crippen molar-refractivity contribution in [2.45, 2.75) is 72.9 Å². The molecule has 1 unspecified atom stereocenters. The van der Waals surface area contributed by atoms with Crippen LogP contribution in [0.1, 0.15) is 67.2 Å². The summed E-state index contributed by atoms with van der Waals surface area (Å²) in [5.74, 6) is 1.67. The highest BCUT2D eigenvalue weighted by atomic mass is 19.1. The minimum absolute atomic E-state index is 0.139. The minimum atomic E-state index is -0.971. The molecule has 0 aromatic carbocycles. The second kappa shape index (κ2) is 6.50. The molecule has 0 amide bonds. The van der Waals surface area contributed by atoms with Crippen LogP contribution in [-0.2, 0) is 0 Å². The van der Waals surface area contributed by atoms with Crippen molar-refractivity contribution in [3.8, 4) is 0 Å². The van der Waals surface area contributed by atoms with E-state index in [4.69, 9.17) is 0 Å². The molecule has 0 aliphatic carbocycles. The molecule has 0 aromatic heterocycles.